The molecule has 0 radical (unpaired) electrons. The standard InChI is InChI=1S/C14H14N2O3/c1-9-12(8-15-16-9)19-11-4-2-10(3-5-11)14(6-7-14)13(17)18/h2-5,8H,6-7H2,1H3,(H,15,16)(H,17,18). The summed E-state index contributed by atoms with van der Waals surface area (Å²) in [6, 6.07) is 7.24. The number of carboxylic acid groups (broad SMARTS) is 1. The summed E-state index contributed by atoms with van der Waals surface area (Å²) in [4.78, 5) is 11.2. The number of benzene rings is 1. The van der Waals surface area contributed by atoms with Crippen LogP contribution in [0.15, 0.2) is 30.5 Å². The molecule has 1 aliphatic carbocycles. The number of hydrogen-bond acceptors (Lipinski definition) is 3. The van der Waals surface area contributed by atoms with E-state index >= 15 is 0 Å². The molecule has 0 atom stereocenters. The summed E-state index contributed by atoms with van der Waals surface area (Å²) in [5.41, 5.74) is 1.04. The van der Waals surface area contributed by atoms with E-state index in [9.17, 15) is 9.90 Å². The summed E-state index contributed by atoms with van der Waals surface area (Å²) in [6.07, 6.45) is 3.04. The molecule has 1 saturated carbocycles. The molecular formula is C14H14N2O3. The second kappa shape index (κ2) is 4.12. The van der Waals surface area contributed by atoms with Crippen LogP contribution in [0.3, 0.4) is 0 Å². The number of nitrogens with zero attached hydrogens (tertiary/aromatic N) is 1. The number of H-pyrrole nitrogens is 1. The molecule has 2 N–H and O–H groups in total. The first-order chi connectivity index (χ1) is 9.12. The molecule has 3 rings (SSSR count). The minimum absolute atomic E-state index is 0.663. The van der Waals surface area contributed by atoms with Gasteiger partial charge in [-0.25, -0.2) is 0 Å². The van der Waals surface area contributed by atoms with Crippen LogP contribution in [0.25, 0.3) is 0 Å². The number of aliphatic carboxylic acids is 1. The van der Waals surface area contributed by atoms with Gasteiger partial charge in [0.05, 0.1) is 17.3 Å². The van der Waals surface area contributed by atoms with Gasteiger partial charge in [0.25, 0.3) is 0 Å². The van der Waals surface area contributed by atoms with Gasteiger partial charge in [0, 0.05) is 0 Å². The smallest absolute Gasteiger partial charge is 0.314 e. The molecule has 0 spiro atoms. The van der Waals surface area contributed by atoms with E-state index in [2.05, 4.69) is 10.2 Å². The molecule has 5 nitrogen and oxygen atoms in total. The van der Waals surface area contributed by atoms with Crippen molar-refractivity contribution in [2.45, 2.75) is 25.2 Å². The number of aromatic nitrogens is 2. The summed E-state index contributed by atoms with van der Waals surface area (Å²) in [7, 11) is 0. The Kier molecular flexibility index (Phi) is 2.55. The largest absolute Gasteiger partial charge is 0.481 e. The van der Waals surface area contributed by atoms with Crippen LogP contribution in [-0.2, 0) is 10.2 Å². The Labute approximate surface area is 110 Å². The van der Waals surface area contributed by atoms with Crippen molar-refractivity contribution >= 4 is 5.97 Å². The minimum Gasteiger partial charge on any atom is -0.481 e. The van der Waals surface area contributed by atoms with Gasteiger partial charge in [-0.1, -0.05) is 12.1 Å². The maximum absolute atomic E-state index is 11.2. The first-order valence-corrected chi connectivity index (χ1v) is 6.13. The summed E-state index contributed by atoms with van der Waals surface area (Å²) < 4.78 is 5.66. The highest BCUT2D eigenvalue weighted by Crippen LogP contribution is 2.48. The highest BCUT2D eigenvalue weighted by molar-refractivity contribution is 5.84. The minimum atomic E-state index is -0.744. The van der Waals surface area contributed by atoms with Gasteiger partial charge in [0.1, 0.15) is 5.75 Å². The van der Waals surface area contributed by atoms with Crippen LogP contribution in [0.5, 0.6) is 11.5 Å². The van der Waals surface area contributed by atoms with Crippen LogP contribution in [0, 0.1) is 6.92 Å². The Morgan fingerprint density at radius 3 is 2.53 bits per heavy atom. The van der Waals surface area contributed by atoms with Crippen molar-refractivity contribution in [3.8, 4) is 11.5 Å². The van der Waals surface area contributed by atoms with Gasteiger partial charge in [0.15, 0.2) is 5.75 Å². The third-order valence-electron chi connectivity index (χ3n) is 3.58. The third-order valence-corrected chi connectivity index (χ3v) is 3.58. The van der Waals surface area contributed by atoms with Crippen molar-refractivity contribution in [1.82, 2.24) is 10.2 Å². The maximum atomic E-state index is 11.2. The normalized spacial score (nSPS) is 16.1. The van der Waals surface area contributed by atoms with E-state index in [4.69, 9.17) is 4.74 Å². The van der Waals surface area contributed by atoms with E-state index in [-0.39, 0.29) is 0 Å². The fourth-order valence-corrected chi connectivity index (χ4v) is 2.16. The van der Waals surface area contributed by atoms with Crippen molar-refractivity contribution in [1.29, 1.82) is 0 Å². The molecule has 0 saturated heterocycles. The maximum Gasteiger partial charge on any atom is 0.314 e. The summed E-state index contributed by atoms with van der Waals surface area (Å²) in [6.45, 7) is 1.88. The predicted molar refractivity (Wildman–Crippen MR) is 68.4 cm³/mol. The van der Waals surface area contributed by atoms with Crippen molar-refractivity contribution < 1.29 is 14.6 Å². The fraction of sp³-hybridized carbons (Fsp3) is 0.286. The van der Waals surface area contributed by atoms with Gasteiger partial charge in [-0.15, -0.1) is 0 Å². The number of carboxylic acids is 1. The first kappa shape index (κ1) is 11.8. The summed E-state index contributed by atoms with van der Waals surface area (Å²) in [5, 5.41) is 15.9. The molecule has 0 unspecified atom stereocenters. The van der Waals surface area contributed by atoms with Gasteiger partial charge in [0.2, 0.25) is 0 Å². The fourth-order valence-electron chi connectivity index (χ4n) is 2.16. The number of rotatable bonds is 4. The van der Waals surface area contributed by atoms with E-state index < -0.39 is 11.4 Å². The number of carbonyl (C=O) groups is 1. The van der Waals surface area contributed by atoms with E-state index in [0.29, 0.717) is 24.3 Å². The molecule has 5 heteroatoms. The zero-order valence-corrected chi connectivity index (χ0v) is 10.5. The zero-order valence-electron chi connectivity index (χ0n) is 10.5. The molecule has 0 amide bonds. The van der Waals surface area contributed by atoms with Gasteiger partial charge in [-0.2, -0.15) is 5.10 Å². The van der Waals surface area contributed by atoms with E-state index in [1.54, 1.807) is 18.3 Å². The Morgan fingerprint density at radius 2 is 2.05 bits per heavy atom. The Bertz CT molecular complexity index is 612. The second-order valence-corrected chi connectivity index (χ2v) is 4.87. The van der Waals surface area contributed by atoms with Crippen molar-refractivity contribution in [3.63, 3.8) is 0 Å². The molecule has 98 valence electrons. The zero-order chi connectivity index (χ0) is 13.5. The average Bonchev–Trinajstić information content (AvgIpc) is 3.12. The molecule has 0 aliphatic heterocycles. The monoisotopic (exact) mass is 258 g/mol. The molecule has 19 heavy (non-hydrogen) atoms. The Hall–Kier alpha value is -2.30. The first-order valence-electron chi connectivity index (χ1n) is 6.13. The van der Waals surface area contributed by atoms with Crippen LogP contribution >= 0.6 is 0 Å². The van der Waals surface area contributed by atoms with Crippen LogP contribution in [0.4, 0.5) is 0 Å². The Balaban J connectivity index is 1.80. The van der Waals surface area contributed by atoms with Crippen molar-refractivity contribution in [2.24, 2.45) is 0 Å². The topological polar surface area (TPSA) is 75.2 Å². The average molecular weight is 258 g/mol. The second-order valence-electron chi connectivity index (χ2n) is 4.87. The number of nitrogens with one attached hydrogen (secondary N) is 1. The molecule has 1 aromatic carbocycles. The summed E-state index contributed by atoms with van der Waals surface area (Å²) in [5.74, 6) is 0.605. The van der Waals surface area contributed by atoms with Gasteiger partial charge >= 0.3 is 5.97 Å². The number of hydrogen-bond donors (Lipinski definition) is 2. The lowest BCUT2D eigenvalue weighted by Gasteiger charge is -2.11. The Morgan fingerprint density at radius 1 is 1.37 bits per heavy atom. The predicted octanol–water partition coefficient (Wildman–Crippen LogP) is 2.63. The SMILES string of the molecule is Cc1[nH]ncc1Oc1ccc(C2(C(=O)O)CC2)cc1. The number of aromatic amines is 1. The lowest BCUT2D eigenvalue weighted by atomic mass is 9.96. The lowest BCUT2D eigenvalue weighted by Crippen LogP contribution is -2.19. The molecule has 0 bridgehead atoms. The molecule has 1 aromatic heterocycles. The molecule has 1 fully saturated rings. The van der Waals surface area contributed by atoms with Crippen LogP contribution < -0.4 is 4.74 Å². The van der Waals surface area contributed by atoms with Gasteiger partial charge in [-0.3, -0.25) is 9.89 Å². The number of ether oxygens (including phenoxy) is 1. The van der Waals surface area contributed by atoms with Crippen molar-refractivity contribution in [3.05, 3.63) is 41.7 Å². The third kappa shape index (κ3) is 1.97. The van der Waals surface area contributed by atoms with E-state index in [0.717, 1.165) is 11.3 Å². The number of aryl methyl sites for hydroxylation is 1. The van der Waals surface area contributed by atoms with E-state index in [1.165, 1.54) is 0 Å². The highest BCUT2D eigenvalue weighted by atomic mass is 16.5. The van der Waals surface area contributed by atoms with Crippen LogP contribution in [0.2, 0.25) is 0 Å². The molecular weight excluding hydrogens is 244 g/mol. The van der Waals surface area contributed by atoms with Crippen molar-refractivity contribution in [2.75, 3.05) is 0 Å². The summed E-state index contributed by atoms with van der Waals surface area (Å²) >= 11 is 0. The molecule has 2 aromatic rings. The van der Waals surface area contributed by atoms with Crippen LogP contribution in [-0.4, -0.2) is 21.3 Å². The van der Waals surface area contributed by atoms with E-state index in [1.807, 2.05) is 19.1 Å². The molecule has 1 heterocycles. The van der Waals surface area contributed by atoms with Crippen LogP contribution in [0.1, 0.15) is 24.1 Å². The highest BCUT2D eigenvalue weighted by Gasteiger charge is 2.51. The van der Waals surface area contributed by atoms with Gasteiger partial charge < -0.3 is 9.84 Å². The lowest BCUT2D eigenvalue weighted by molar-refractivity contribution is -0.140. The molecule has 1 aliphatic rings. The quantitative estimate of drug-likeness (QED) is 0.884. The van der Waals surface area contributed by atoms with Gasteiger partial charge in [-0.05, 0) is 37.5 Å².